The molecule has 2 heterocycles. The largest absolute Gasteiger partial charge is 0.349 e. The van der Waals surface area contributed by atoms with Gasteiger partial charge in [0, 0.05) is 24.6 Å². The molecular formula is C17H24N6O. The number of nitrogens with zero attached hydrogens (tertiary/aromatic N) is 4. The Bertz CT molecular complexity index is 696. The Morgan fingerprint density at radius 1 is 1.21 bits per heavy atom. The summed E-state index contributed by atoms with van der Waals surface area (Å²) < 4.78 is 1.83. The Kier molecular flexibility index (Phi) is 4.32. The summed E-state index contributed by atoms with van der Waals surface area (Å²) in [6, 6.07) is 0. The van der Waals surface area contributed by atoms with Crippen LogP contribution in [0.2, 0.25) is 0 Å². The number of imidazole rings is 1. The van der Waals surface area contributed by atoms with Crippen molar-refractivity contribution in [1.29, 1.82) is 0 Å². The Morgan fingerprint density at radius 3 is 2.83 bits per heavy atom. The van der Waals surface area contributed by atoms with Gasteiger partial charge in [-0.25, -0.2) is 4.98 Å². The topological polar surface area (TPSA) is 88.5 Å². The zero-order valence-electron chi connectivity index (χ0n) is 13.9. The van der Waals surface area contributed by atoms with E-state index in [4.69, 9.17) is 0 Å². The highest BCUT2D eigenvalue weighted by atomic mass is 16.1. The Labute approximate surface area is 141 Å². The minimum atomic E-state index is -0.109. The van der Waals surface area contributed by atoms with Gasteiger partial charge in [0.25, 0.3) is 5.91 Å². The van der Waals surface area contributed by atoms with E-state index in [1.165, 1.54) is 44.9 Å². The number of aromatic amines is 1. The predicted octanol–water partition coefficient (Wildman–Crippen LogP) is 2.36. The van der Waals surface area contributed by atoms with Crippen LogP contribution in [0.25, 0.3) is 0 Å². The lowest BCUT2D eigenvalue weighted by Gasteiger charge is -2.18. The van der Waals surface area contributed by atoms with Crippen LogP contribution in [0.5, 0.6) is 0 Å². The second-order valence-corrected chi connectivity index (χ2v) is 6.95. The van der Waals surface area contributed by atoms with Crippen molar-refractivity contribution in [3.63, 3.8) is 0 Å². The van der Waals surface area contributed by atoms with Crippen LogP contribution in [0.15, 0.2) is 12.4 Å². The first-order chi connectivity index (χ1) is 11.8. The maximum absolute atomic E-state index is 12.1. The monoisotopic (exact) mass is 328 g/mol. The highest BCUT2D eigenvalue weighted by molar-refractivity contribution is 5.92. The van der Waals surface area contributed by atoms with Crippen LogP contribution in [0.1, 0.15) is 78.8 Å². The van der Waals surface area contributed by atoms with Gasteiger partial charge in [0.15, 0.2) is 0 Å². The molecule has 0 unspecified atom stereocenters. The van der Waals surface area contributed by atoms with Crippen molar-refractivity contribution < 1.29 is 4.79 Å². The summed E-state index contributed by atoms with van der Waals surface area (Å²) in [6.45, 7) is 1.17. The van der Waals surface area contributed by atoms with E-state index in [1.807, 2.05) is 10.9 Å². The van der Waals surface area contributed by atoms with Crippen molar-refractivity contribution in [2.24, 2.45) is 0 Å². The number of amides is 1. The summed E-state index contributed by atoms with van der Waals surface area (Å²) in [6.07, 6.45) is 12.4. The average Bonchev–Trinajstić information content (AvgIpc) is 3.16. The van der Waals surface area contributed by atoms with E-state index in [1.54, 1.807) is 6.20 Å². The third-order valence-corrected chi connectivity index (χ3v) is 5.01. The van der Waals surface area contributed by atoms with Crippen LogP contribution in [0.4, 0.5) is 0 Å². The Morgan fingerprint density at radius 2 is 2.04 bits per heavy atom. The van der Waals surface area contributed by atoms with Gasteiger partial charge in [0.1, 0.15) is 11.5 Å². The molecule has 128 valence electrons. The van der Waals surface area contributed by atoms with E-state index in [0.717, 1.165) is 11.5 Å². The number of rotatable bonds is 6. The van der Waals surface area contributed by atoms with E-state index < -0.39 is 0 Å². The third-order valence-electron chi connectivity index (χ3n) is 5.01. The zero-order valence-corrected chi connectivity index (χ0v) is 13.9. The number of carbonyl (C=O) groups is 1. The molecule has 0 aromatic carbocycles. The van der Waals surface area contributed by atoms with Gasteiger partial charge in [-0.15, -0.1) is 5.10 Å². The molecular weight excluding hydrogens is 304 g/mol. The number of hydrogen-bond donors (Lipinski definition) is 2. The predicted molar refractivity (Wildman–Crippen MR) is 88.7 cm³/mol. The minimum Gasteiger partial charge on any atom is -0.349 e. The third kappa shape index (κ3) is 3.49. The molecule has 24 heavy (non-hydrogen) atoms. The second-order valence-electron chi connectivity index (χ2n) is 6.95. The van der Waals surface area contributed by atoms with Crippen LogP contribution in [0, 0.1) is 0 Å². The zero-order chi connectivity index (χ0) is 16.4. The molecule has 1 amide bonds. The van der Waals surface area contributed by atoms with E-state index >= 15 is 0 Å². The molecule has 0 bridgehead atoms. The maximum atomic E-state index is 12.1. The number of nitrogens with one attached hydrogen (secondary N) is 2. The Balaban J connectivity index is 1.25. The SMILES string of the molecule is O=C(NCCn1cc(C2CCCCC2)nn1)c1cnc(C2CC2)[nH]1. The van der Waals surface area contributed by atoms with E-state index in [0.29, 0.717) is 30.6 Å². The van der Waals surface area contributed by atoms with Crippen molar-refractivity contribution >= 4 is 5.91 Å². The molecule has 7 heteroatoms. The van der Waals surface area contributed by atoms with Crippen LogP contribution >= 0.6 is 0 Å². The Hall–Kier alpha value is -2.18. The summed E-state index contributed by atoms with van der Waals surface area (Å²) in [4.78, 5) is 19.5. The maximum Gasteiger partial charge on any atom is 0.269 e. The second kappa shape index (κ2) is 6.75. The highest BCUT2D eigenvalue weighted by Gasteiger charge is 2.27. The molecule has 4 rings (SSSR count). The van der Waals surface area contributed by atoms with Gasteiger partial charge in [0.2, 0.25) is 0 Å². The first kappa shape index (κ1) is 15.4. The van der Waals surface area contributed by atoms with E-state index in [9.17, 15) is 4.79 Å². The van der Waals surface area contributed by atoms with Crippen molar-refractivity contribution in [2.75, 3.05) is 6.54 Å². The van der Waals surface area contributed by atoms with E-state index in [-0.39, 0.29) is 5.91 Å². The molecule has 7 nitrogen and oxygen atoms in total. The summed E-state index contributed by atoms with van der Waals surface area (Å²) >= 11 is 0. The molecule has 0 radical (unpaired) electrons. The smallest absolute Gasteiger partial charge is 0.269 e. The molecule has 0 aliphatic heterocycles. The number of hydrogen-bond acceptors (Lipinski definition) is 4. The van der Waals surface area contributed by atoms with Gasteiger partial charge < -0.3 is 10.3 Å². The molecule has 0 atom stereocenters. The van der Waals surface area contributed by atoms with Crippen molar-refractivity contribution in [3.05, 3.63) is 29.6 Å². The average molecular weight is 328 g/mol. The first-order valence-electron chi connectivity index (χ1n) is 9.03. The lowest BCUT2D eigenvalue weighted by Crippen LogP contribution is -2.27. The normalized spacial score (nSPS) is 18.7. The molecule has 2 aromatic heterocycles. The fourth-order valence-electron chi connectivity index (χ4n) is 3.40. The molecule has 2 aliphatic carbocycles. The van der Waals surface area contributed by atoms with Gasteiger partial charge in [0.05, 0.1) is 18.4 Å². The quantitative estimate of drug-likeness (QED) is 0.852. The summed E-state index contributed by atoms with van der Waals surface area (Å²) in [5.74, 6) is 1.92. The highest BCUT2D eigenvalue weighted by Crippen LogP contribution is 2.38. The van der Waals surface area contributed by atoms with Gasteiger partial charge in [-0.3, -0.25) is 9.48 Å². The van der Waals surface area contributed by atoms with Crippen molar-refractivity contribution in [2.45, 2.75) is 63.3 Å². The number of aromatic nitrogens is 5. The molecule has 2 N–H and O–H groups in total. The molecule has 2 fully saturated rings. The van der Waals surface area contributed by atoms with Crippen LogP contribution in [-0.4, -0.2) is 37.4 Å². The fourth-order valence-corrected chi connectivity index (χ4v) is 3.40. The van der Waals surface area contributed by atoms with Gasteiger partial charge in [-0.1, -0.05) is 24.5 Å². The summed E-state index contributed by atoms with van der Waals surface area (Å²) in [5, 5.41) is 11.4. The molecule has 0 saturated heterocycles. The summed E-state index contributed by atoms with van der Waals surface area (Å²) in [5.41, 5.74) is 1.64. The summed E-state index contributed by atoms with van der Waals surface area (Å²) in [7, 11) is 0. The molecule has 0 spiro atoms. The van der Waals surface area contributed by atoms with Gasteiger partial charge >= 0.3 is 0 Å². The lowest BCUT2D eigenvalue weighted by atomic mass is 9.87. The van der Waals surface area contributed by atoms with E-state index in [2.05, 4.69) is 25.6 Å². The number of H-pyrrole nitrogens is 1. The van der Waals surface area contributed by atoms with Crippen LogP contribution < -0.4 is 5.32 Å². The van der Waals surface area contributed by atoms with Gasteiger partial charge in [-0.2, -0.15) is 0 Å². The van der Waals surface area contributed by atoms with Crippen LogP contribution in [-0.2, 0) is 6.54 Å². The minimum absolute atomic E-state index is 0.109. The van der Waals surface area contributed by atoms with Gasteiger partial charge in [-0.05, 0) is 25.7 Å². The molecule has 2 aliphatic rings. The molecule has 2 aromatic rings. The molecule has 2 saturated carbocycles. The first-order valence-corrected chi connectivity index (χ1v) is 9.03. The lowest BCUT2D eigenvalue weighted by molar-refractivity contribution is 0.0947. The van der Waals surface area contributed by atoms with Crippen molar-refractivity contribution in [3.8, 4) is 0 Å². The standard InChI is InChI=1S/C17H24N6O/c24-17(14-10-19-16(20-14)13-6-7-13)18-8-9-23-11-15(21-22-23)12-4-2-1-3-5-12/h10-13H,1-9H2,(H,18,24)(H,19,20). The fraction of sp³-hybridized carbons (Fsp3) is 0.647. The van der Waals surface area contributed by atoms with Crippen molar-refractivity contribution in [1.82, 2.24) is 30.3 Å². The number of carbonyl (C=O) groups excluding carboxylic acids is 1. The van der Waals surface area contributed by atoms with Crippen LogP contribution in [0.3, 0.4) is 0 Å².